The van der Waals surface area contributed by atoms with Crippen LogP contribution in [-0.4, -0.2) is 65.5 Å². The van der Waals surface area contributed by atoms with E-state index in [0.29, 0.717) is 25.8 Å². The van der Waals surface area contributed by atoms with Gasteiger partial charge < -0.3 is 19.5 Å². The van der Waals surface area contributed by atoms with Gasteiger partial charge in [-0.15, -0.1) is 0 Å². The molecule has 5 rings (SSSR count). The first kappa shape index (κ1) is 22.3. The van der Waals surface area contributed by atoms with Crippen molar-refractivity contribution < 1.29 is 19.4 Å². The zero-order valence-electron chi connectivity index (χ0n) is 19.7. The Morgan fingerprint density at radius 3 is 2.58 bits per heavy atom. The van der Waals surface area contributed by atoms with Crippen LogP contribution < -0.4 is 14.4 Å². The van der Waals surface area contributed by atoms with E-state index in [1.165, 1.54) is 5.56 Å². The van der Waals surface area contributed by atoms with E-state index in [4.69, 9.17) is 14.5 Å². The first-order chi connectivity index (χ1) is 15.7. The summed E-state index contributed by atoms with van der Waals surface area (Å²) in [5.74, 6) is 1.65. The topological polar surface area (TPSA) is 78.4 Å². The van der Waals surface area contributed by atoms with Crippen molar-refractivity contribution in [2.75, 3.05) is 44.4 Å². The smallest absolute Gasteiger partial charge is 0.407 e. The number of nitrogens with zero attached hydrogens (tertiary/aromatic N) is 4. The molecule has 1 N–H and O–H groups in total. The molecule has 33 heavy (non-hydrogen) atoms. The summed E-state index contributed by atoms with van der Waals surface area (Å²) in [5.41, 5.74) is 2.12. The molecule has 2 atom stereocenters. The number of benzene rings is 1. The predicted octanol–water partition coefficient (Wildman–Crippen LogP) is 4.38. The third-order valence-electron chi connectivity index (χ3n) is 6.94. The van der Waals surface area contributed by atoms with E-state index in [9.17, 15) is 9.90 Å². The Balaban J connectivity index is 1.29. The molecule has 1 aromatic heterocycles. The number of aromatic nitrogens is 1. The maximum atomic E-state index is 11.9. The van der Waals surface area contributed by atoms with Gasteiger partial charge in [-0.3, -0.25) is 9.80 Å². The standard InChI is InChI=1S/C24H32N4O4S/c1-15(16-5-6-18-19(13-16)32-14-31-18)26-9-11-27(12-10-26)22-25-17-7-8-28(23(29)30)21(20(17)33-22)24(2,3)4/h5-6,13,15,21H,7-12,14H2,1-4H3,(H,29,30). The lowest BCUT2D eigenvalue weighted by molar-refractivity contribution is 0.0774. The number of carboxylic acid groups (broad SMARTS) is 1. The summed E-state index contributed by atoms with van der Waals surface area (Å²) in [6.07, 6.45) is -0.159. The van der Waals surface area contributed by atoms with E-state index in [1.807, 2.05) is 6.07 Å². The maximum absolute atomic E-state index is 11.9. The molecule has 1 amide bonds. The lowest BCUT2D eigenvalue weighted by atomic mass is 9.82. The second-order valence-corrected chi connectivity index (χ2v) is 11.1. The monoisotopic (exact) mass is 472 g/mol. The summed E-state index contributed by atoms with van der Waals surface area (Å²) in [7, 11) is 0. The summed E-state index contributed by atoms with van der Waals surface area (Å²) in [4.78, 5) is 24.4. The number of hydrogen-bond donors (Lipinski definition) is 1. The Morgan fingerprint density at radius 1 is 1.15 bits per heavy atom. The fourth-order valence-corrected chi connectivity index (χ4v) is 6.65. The van der Waals surface area contributed by atoms with Gasteiger partial charge in [-0.1, -0.05) is 38.2 Å². The van der Waals surface area contributed by atoms with Crippen LogP contribution in [0.5, 0.6) is 11.5 Å². The van der Waals surface area contributed by atoms with Crippen LogP contribution in [0.2, 0.25) is 0 Å². The number of fused-ring (bicyclic) bond motifs is 2. The fourth-order valence-electron chi connectivity index (χ4n) is 5.13. The van der Waals surface area contributed by atoms with E-state index in [0.717, 1.165) is 53.4 Å². The van der Waals surface area contributed by atoms with Gasteiger partial charge in [0.2, 0.25) is 6.79 Å². The molecule has 178 valence electrons. The molecule has 8 nitrogen and oxygen atoms in total. The Labute approximate surface area is 198 Å². The minimum Gasteiger partial charge on any atom is -0.465 e. The molecule has 0 saturated carbocycles. The zero-order chi connectivity index (χ0) is 23.3. The number of amides is 1. The van der Waals surface area contributed by atoms with Crippen LogP contribution in [0.25, 0.3) is 0 Å². The van der Waals surface area contributed by atoms with Gasteiger partial charge in [0.05, 0.1) is 16.6 Å². The Bertz CT molecular complexity index is 1040. The van der Waals surface area contributed by atoms with Crippen molar-refractivity contribution in [2.45, 2.75) is 46.2 Å². The highest BCUT2D eigenvalue weighted by Crippen LogP contribution is 2.46. The second kappa shape index (κ2) is 8.36. The molecule has 0 aliphatic carbocycles. The van der Waals surface area contributed by atoms with Crippen molar-refractivity contribution in [2.24, 2.45) is 5.41 Å². The lowest BCUT2D eigenvalue weighted by Crippen LogP contribution is -2.47. The van der Waals surface area contributed by atoms with Gasteiger partial charge in [0.25, 0.3) is 0 Å². The molecule has 4 heterocycles. The van der Waals surface area contributed by atoms with Gasteiger partial charge in [-0.2, -0.15) is 0 Å². The average molecular weight is 473 g/mol. The van der Waals surface area contributed by atoms with Crippen molar-refractivity contribution in [3.05, 3.63) is 34.3 Å². The van der Waals surface area contributed by atoms with Crippen molar-refractivity contribution >= 4 is 22.6 Å². The SMILES string of the molecule is CC(c1ccc2c(c1)OCO2)N1CCN(c2nc3c(s2)C(C(C)(C)C)N(C(=O)O)CC3)CC1. The van der Waals surface area contributed by atoms with Crippen LogP contribution in [0.3, 0.4) is 0 Å². The summed E-state index contributed by atoms with van der Waals surface area (Å²) >= 11 is 1.68. The number of thiazole rings is 1. The van der Waals surface area contributed by atoms with Crippen LogP contribution in [0.15, 0.2) is 18.2 Å². The van der Waals surface area contributed by atoms with Gasteiger partial charge in [-0.05, 0) is 30.0 Å². The summed E-state index contributed by atoms with van der Waals surface area (Å²) < 4.78 is 11.0. The van der Waals surface area contributed by atoms with Crippen LogP contribution >= 0.6 is 11.3 Å². The number of piperazine rings is 1. The third-order valence-corrected chi connectivity index (χ3v) is 8.15. The third kappa shape index (κ3) is 4.12. The first-order valence-electron chi connectivity index (χ1n) is 11.6. The van der Waals surface area contributed by atoms with Crippen LogP contribution in [0.4, 0.5) is 9.93 Å². The lowest BCUT2D eigenvalue weighted by Gasteiger charge is -2.41. The molecule has 0 radical (unpaired) electrons. The van der Waals surface area contributed by atoms with Crippen LogP contribution in [-0.2, 0) is 6.42 Å². The largest absolute Gasteiger partial charge is 0.465 e. The normalized spacial score (nSPS) is 21.8. The van der Waals surface area contributed by atoms with Crippen molar-refractivity contribution in [1.29, 1.82) is 0 Å². The van der Waals surface area contributed by atoms with Crippen molar-refractivity contribution in [3.63, 3.8) is 0 Å². The molecule has 3 aliphatic rings. The average Bonchev–Trinajstić information content (AvgIpc) is 3.43. The molecule has 1 fully saturated rings. The van der Waals surface area contributed by atoms with E-state index >= 15 is 0 Å². The predicted molar refractivity (Wildman–Crippen MR) is 128 cm³/mol. The number of carbonyl (C=O) groups is 1. The van der Waals surface area contributed by atoms with Gasteiger partial charge >= 0.3 is 6.09 Å². The highest BCUT2D eigenvalue weighted by molar-refractivity contribution is 7.15. The van der Waals surface area contributed by atoms with E-state index < -0.39 is 6.09 Å². The minimum atomic E-state index is -0.846. The quantitative estimate of drug-likeness (QED) is 0.710. The summed E-state index contributed by atoms with van der Waals surface area (Å²) in [5, 5.41) is 10.8. The van der Waals surface area contributed by atoms with Crippen LogP contribution in [0, 0.1) is 5.41 Å². The maximum Gasteiger partial charge on any atom is 0.407 e. The molecule has 2 aromatic rings. The Morgan fingerprint density at radius 2 is 1.88 bits per heavy atom. The molecule has 3 aliphatic heterocycles. The molecular formula is C24H32N4O4S. The Hall–Kier alpha value is -2.52. The van der Waals surface area contributed by atoms with E-state index in [1.54, 1.807) is 16.2 Å². The van der Waals surface area contributed by atoms with Gasteiger partial charge in [-0.25, -0.2) is 9.78 Å². The molecule has 0 spiro atoms. The number of rotatable bonds is 3. The summed E-state index contributed by atoms with van der Waals surface area (Å²) in [6.45, 7) is 13.1. The highest BCUT2D eigenvalue weighted by atomic mass is 32.1. The molecular weight excluding hydrogens is 440 g/mol. The zero-order valence-corrected chi connectivity index (χ0v) is 20.5. The van der Waals surface area contributed by atoms with Gasteiger partial charge in [0.1, 0.15) is 0 Å². The van der Waals surface area contributed by atoms with Gasteiger partial charge in [0.15, 0.2) is 16.6 Å². The van der Waals surface area contributed by atoms with Crippen molar-refractivity contribution in [1.82, 2.24) is 14.8 Å². The summed E-state index contributed by atoms with van der Waals surface area (Å²) in [6, 6.07) is 6.35. The minimum absolute atomic E-state index is 0.155. The molecule has 9 heteroatoms. The first-order valence-corrected chi connectivity index (χ1v) is 12.4. The molecule has 1 saturated heterocycles. The molecule has 2 unspecified atom stereocenters. The van der Waals surface area contributed by atoms with Gasteiger partial charge in [0, 0.05) is 45.2 Å². The van der Waals surface area contributed by atoms with E-state index in [-0.39, 0.29) is 11.5 Å². The highest BCUT2D eigenvalue weighted by Gasteiger charge is 2.41. The number of anilines is 1. The second-order valence-electron chi connectivity index (χ2n) is 10.1. The van der Waals surface area contributed by atoms with Crippen LogP contribution in [0.1, 0.15) is 55.9 Å². The number of ether oxygens (including phenoxy) is 2. The fraction of sp³-hybridized carbons (Fsp3) is 0.583. The van der Waals surface area contributed by atoms with E-state index in [2.05, 4.69) is 49.6 Å². The van der Waals surface area contributed by atoms with Crippen molar-refractivity contribution in [3.8, 4) is 11.5 Å². The number of hydrogen-bond acceptors (Lipinski definition) is 7. The Kier molecular flexibility index (Phi) is 5.64. The molecule has 1 aromatic carbocycles. The molecule has 0 bridgehead atoms.